The van der Waals surface area contributed by atoms with E-state index in [0.29, 0.717) is 38.7 Å². The standard InChI is InChI=1S/2C18H14BrNO6S.2K/c2*1-25-16-5-3-2-4-15(16)20-18(21)14-9-12-8-13(19)7-6-11(12)10-17(14)26-27(22,23)24;;/h2*2-10H,1H3,(H,20,21)(H,22,23,24);;/q;;2*+1/p-2. The number of anilines is 1. The van der Waals surface area contributed by atoms with Gasteiger partial charge in [0, 0.05) is 14.5 Å². The molecule has 14 nitrogen and oxygen atoms in total. The second-order valence-corrected chi connectivity index (χ2v) is 14.8. The third-order valence-corrected chi connectivity index (χ3v) is 9.09. The first-order chi connectivity index (χ1) is 25.5. The van der Waals surface area contributed by atoms with Gasteiger partial charge in [-0.15, -0.1) is 0 Å². The molecular formula is C36H26Br2K2N2O12S2. The molecule has 0 saturated carbocycles. The number of aliphatic imine (C=N–C) groups is 1. The zero-order valence-corrected chi connectivity index (χ0v) is 40.9. The summed E-state index contributed by atoms with van der Waals surface area (Å²) in [6.07, 6.45) is 0. The van der Waals surface area contributed by atoms with Crippen molar-refractivity contribution in [3.63, 3.8) is 0 Å². The summed E-state index contributed by atoms with van der Waals surface area (Å²) < 4.78 is 85.7. The summed E-state index contributed by atoms with van der Waals surface area (Å²) in [6, 6.07) is 29.3. The first kappa shape index (κ1) is 48.4. The predicted octanol–water partition coefficient (Wildman–Crippen LogP) is 0.941. The van der Waals surface area contributed by atoms with Gasteiger partial charge >= 0.3 is 113 Å². The van der Waals surface area contributed by atoms with Crippen LogP contribution in [0.3, 0.4) is 0 Å². The number of nitrogens with one attached hydrogen (secondary N) is 1. The van der Waals surface area contributed by atoms with Crippen LogP contribution in [0, 0.1) is 0 Å². The van der Waals surface area contributed by atoms with Crippen LogP contribution >= 0.6 is 31.9 Å². The number of para-hydroxylation sites is 4. The molecule has 1 amide bonds. The van der Waals surface area contributed by atoms with Crippen LogP contribution in [0.25, 0.3) is 21.5 Å². The van der Waals surface area contributed by atoms with E-state index in [9.17, 15) is 31.3 Å². The molecule has 2 N–H and O–H groups in total. The Balaban J connectivity index is 0.000000290. The van der Waals surface area contributed by atoms with Crippen LogP contribution < -0.4 is 131 Å². The average Bonchev–Trinajstić information content (AvgIpc) is 3.10. The van der Waals surface area contributed by atoms with Gasteiger partial charge in [0.2, 0.25) is 0 Å². The van der Waals surface area contributed by atoms with E-state index in [1.807, 2.05) is 0 Å². The molecule has 20 heteroatoms. The molecule has 0 aromatic heterocycles. The Morgan fingerprint density at radius 3 is 1.70 bits per heavy atom. The summed E-state index contributed by atoms with van der Waals surface area (Å²) in [5.74, 6) is -1.27. The van der Waals surface area contributed by atoms with E-state index in [-0.39, 0.29) is 131 Å². The fourth-order valence-electron chi connectivity index (χ4n) is 5.03. The van der Waals surface area contributed by atoms with Crippen molar-refractivity contribution in [1.29, 1.82) is 0 Å². The zero-order valence-electron chi connectivity index (χ0n) is 29.8. The van der Waals surface area contributed by atoms with Crippen molar-refractivity contribution >= 4 is 97.4 Å². The van der Waals surface area contributed by atoms with Crippen LogP contribution in [0.4, 0.5) is 11.4 Å². The van der Waals surface area contributed by atoms with Gasteiger partial charge in [-0.3, -0.25) is 14.3 Å². The molecule has 0 heterocycles. The normalized spacial score (nSPS) is 11.3. The number of methoxy groups -OCH3 is 2. The largest absolute Gasteiger partial charge is 1.00 e. The number of carbonyl (C=O) groups is 1. The second-order valence-electron chi connectivity index (χ2n) is 10.9. The Bertz CT molecular complexity index is 2650. The summed E-state index contributed by atoms with van der Waals surface area (Å²) in [4.78, 5) is 16.8. The molecule has 0 bridgehead atoms. The van der Waals surface area contributed by atoms with Gasteiger partial charge in [-0.2, -0.15) is 8.42 Å². The maximum Gasteiger partial charge on any atom is 1.00 e. The smallest absolute Gasteiger partial charge is 0.858 e. The average molecular weight is 981 g/mol. The number of halogens is 2. The third-order valence-electron chi connectivity index (χ3n) is 7.33. The number of fused-ring (bicyclic) bond motifs is 2. The van der Waals surface area contributed by atoms with Crippen molar-refractivity contribution in [1.82, 2.24) is 0 Å². The van der Waals surface area contributed by atoms with Crippen LogP contribution in [0.5, 0.6) is 23.0 Å². The molecular weight excluding hydrogens is 955 g/mol. The molecule has 0 spiro atoms. The van der Waals surface area contributed by atoms with Crippen LogP contribution in [0.1, 0.15) is 15.9 Å². The fourth-order valence-corrected chi connectivity index (χ4v) is 6.51. The molecule has 0 aliphatic rings. The quantitative estimate of drug-likeness (QED) is 0.0646. The van der Waals surface area contributed by atoms with Crippen molar-refractivity contribution in [3.05, 3.63) is 129 Å². The number of ether oxygens (including phenoxy) is 2. The number of hydrogen-bond donors (Lipinski definition) is 2. The Morgan fingerprint density at radius 1 is 0.661 bits per heavy atom. The Labute approximate surface area is 424 Å². The van der Waals surface area contributed by atoms with E-state index in [1.165, 1.54) is 38.5 Å². The number of amides is 1. The van der Waals surface area contributed by atoms with Gasteiger partial charge in [0.05, 0.1) is 25.5 Å². The third kappa shape index (κ3) is 13.5. The van der Waals surface area contributed by atoms with Crippen molar-refractivity contribution in [2.75, 3.05) is 19.5 Å². The summed E-state index contributed by atoms with van der Waals surface area (Å²) in [6.45, 7) is 0. The van der Waals surface area contributed by atoms with Crippen molar-refractivity contribution in [3.8, 4) is 23.0 Å². The molecule has 56 heavy (non-hydrogen) atoms. The fraction of sp³-hybridized carbons (Fsp3) is 0.0556. The number of rotatable bonds is 10. The van der Waals surface area contributed by atoms with E-state index in [2.05, 4.69) is 50.5 Å². The molecule has 0 radical (unpaired) electrons. The van der Waals surface area contributed by atoms with Gasteiger partial charge in [0.1, 0.15) is 22.9 Å². The minimum absolute atomic E-state index is 0. The first-order valence-electron chi connectivity index (χ1n) is 15.2. The van der Waals surface area contributed by atoms with Gasteiger partial charge < -0.3 is 32.8 Å². The first-order valence-corrected chi connectivity index (χ1v) is 19.4. The maximum absolute atomic E-state index is 12.8. The van der Waals surface area contributed by atoms with E-state index in [4.69, 9.17) is 14.0 Å². The van der Waals surface area contributed by atoms with Crippen LogP contribution in [-0.2, 0) is 20.8 Å². The molecule has 280 valence electrons. The van der Waals surface area contributed by atoms with E-state index >= 15 is 0 Å². The van der Waals surface area contributed by atoms with Crippen molar-refractivity contribution in [2.45, 2.75) is 0 Å². The number of carbonyl (C=O) groups excluding carboxylic acids is 1. The molecule has 6 aromatic carbocycles. The SMILES string of the molecule is COc1ccccc1N=C([O-])c1cc2cc(Br)ccc2cc1OS(=O)(=O)[O-].COc1ccccc1NC(=O)c1cc2cc(Br)ccc2cc1OS(=O)(=O)O.[K+].[K+]. The number of nitrogens with zero attached hydrogens (tertiary/aromatic N) is 1. The Morgan fingerprint density at radius 2 is 1.16 bits per heavy atom. The van der Waals surface area contributed by atoms with E-state index < -0.39 is 32.6 Å². The molecule has 0 unspecified atom stereocenters. The molecule has 6 aromatic rings. The van der Waals surface area contributed by atoms with Crippen molar-refractivity contribution in [2.24, 2.45) is 4.99 Å². The van der Waals surface area contributed by atoms with Crippen LogP contribution in [0.15, 0.2) is 123 Å². The monoisotopic (exact) mass is 978 g/mol. The number of hydrogen-bond acceptors (Lipinski definition) is 12. The zero-order chi connectivity index (χ0) is 39.2. The molecule has 0 saturated heterocycles. The summed E-state index contributed by atoms with van der Waals surface area (Å²) in [7, 11) is -6.98. The van der Waals surface area contributed by atoms with E-state index in [0.717, 1.165) is 8.95 Å². The van der Waals surface area contributed by atoms with Crippen LogP contribution in [-0.4, -0.2) is 52.0 Å². The van der Waals surface area contributed by atoms with Gasteiger partial charge in [-0.1, -0.05) is 68.3 Å². The predicted molar refractivity (Wildman–Crippen MR) is 206 cm³/mol. The second kappa shape index (κ2) is 21.3. The molecule has 0 atom stereocenters. The minimum atomic E-state index is -5.07. The topological polar surface area (TPSA) is 213 Å². The van der Waals surface area contributed by atoms with Gasteiger partial charge in [-0.05, 0) is 100 Å². The van der Waals surface area contributed by atoms with Gasteiger partial charge in [-0.25, -0.2) is 8.42 Å². The molecule has 0 aliphatic heterocycles. The minimum Gasteiger partial charge on any atom is -0.858 e. The van der Waals surface area contributed by atoms with Gasteiger partial charge in [0.15, 0.2) is 5.75 Å². The Kier molecular flexibility index (Phi) is 18.4. The molecule has 0 fully saturated rings. The number of benzene rings is 6. The molecule has 6 rings (SSSR count). The van der Waals surface area contributed by atoms with Crippen LogP contribution in [0.2, 0.25) is 0 Å². The van der Waals surface area contributed by atoms with Gasteiger partial charge in [0.25, 0.3) is 16.3 Å². The molecule has 0 aliphatic carbocycles. The van der Waals surface area contributed by atoms with Crippen molar-refractivity contribution < 1.29 is 156 Å². The summed E-state index contributed by atoms with van der Waals surface area (Å²) in [5, 5.41) is 17.9. The summed E-state index contributed by atoms with van der Waals surface area (Å²) >= 11 is 6.68. The maximum atomic E-state index is 12.8. The Hall–Kier alpha value is -1.97. The van der Waals surface area contributed by atoms with E-state index in [1.54, 1.807) is 84.9 Å². The summed E-state index contributed by atoms with van der Waals surface area (Å²) in [5.41, 5.74) is 0.433.